The molecule has 2 saturated carbocycles. The second-order valence-corrected chi connectivity index (χ2v) is 16.7. The molecule has 2 saturated heterocycles. The van der Waals surface area contributed by atoms with Gasteiger partial charge in [0.15, 0.2) is 0 Å². The highest BCUT2D eigenvalue weighted by Crippen LogP contribution is 2.41. The number of aromatic amines is 1. The molecule has 48 heavy (non-hydrogen) atoms. The molecule has 1 spiro atoms. The summed E-state index contributed by atoms with van der Waals surface area (Å²) in [6.45, 7) is 8.00. The lowest BCUT2D eigenvalue weighted by molar-refractivity contribution is -0.162. The van der Waals surface area contributed by atoms with E-state index in [-0.39, 0.29) is 28.8 Å². The van der Waals surface area contributed by atoms with Crippen molar-refractivity contribution in [1.29, 1.82) is 0 Å². The van der Waals surface area contributed by atoms with Gasteiger partial charge in [0.2, 0.25) is 21.8 Å². The van der Waals surface area contributed by atoms with Gasteiger partial charge in [0, 0.05) is 36.9 Å². The summed E-state index contributed by atoms with van der Waals surface area (Å²) >= 11 is 0. The maximum absolute atomic E-state index is 14.1. The number of nitrogens with zero attached hydrogens (tertiary/aromatic N) is 3. The monoisotopic (exact) mass is 680 g/mol. The standard InChI is InChI=1S/C37H56N6O4S/c1-4-5-22-43-35(44)32(25-28-12-8-6-9-13-28)38-36(45)37(43)20-23-42(24-21-37)34(33-26(2)39-40-27(33)3)29-16-18-31(19-17-29)48(46,47)41-30-14-10-7-11-15-30/h16-19,28,30,32,34,41H,4-15,20-25H2,1-3H3,(H,38,45)(H,39,40)/t32-,34?/m0/s1. The molecule has 6 rings (SSSR count). The number of H-pyrrole nitrogens is 1. The number of hydrogen-bond acceptors (Lipinski definition) is 6. The second kappa shape index (κ2) is 15.0. The normalized spacial score (nSPS) is 23.8. The number of benzene rings is 1. The van der Waals surface area contributed by atoms with Crippen molar-refractivity contribution in [3.8, 4) is 0 Å². The number of carbonyl (C=O) groups excluding carboxylic acids is 2. The topological polar surface area (TPSA) is 128 Å². The van der Waals surface area contributed by atoms with Crippen LogP contribution in [0, 0.1) is 19.8 Å². The Morgan fingerprint density at radius 3 is 2.21 bits per heavy atom. The highest BCUT2D eigenvalue weighted by molar-refractivity contribution is 7.89. The van der Waals surface area contributed by atoms with Crippen molar-refractivity contribution < 1.29 is 18.0 Å². The summed E-state index contributed by atoms with van der Waals surface area (Å²) in [7, 11) is -3.62. The van der Waals surface area contributed by atoms with Gasteiger partial charge in [-0.05, 0) is 76.0 Å². The molecule has 2 atom stereocenters. The summed E-state index contributed by atoms with van der Waals surface area (Å²) in [6.07, 6.45) is 14.7. The molecule has 2 amide bonds. The zero-order valence-electron chi connectivity index (χ0n) is 29.2. The van der Waals surface area contributed by atoms with E-state index in [2.05, 4.69) is 32.1 Å². The average Bonchev–Trinajstić information content (AvgIpc) is 3.42. The lowest BCUT2D eigenvalue weighted by Gasteiger charge is -2.53. The molecule has 10 nitrogen and oxygen atoms in total. The van der Waals surface area contributed by atoms with Gasteiger partial charge in [-0.1, -0.05) is 76.8 Å². The molecule has 3 heterocycles. The highest BCUT2D eigenvalue weighted by Gasteiger charge is 2.54. The van der Waals surface area contributed by atoms with Gasteiger partial charge in [-0.25, -0.2) is 13.1 Å². The number of aryl methyl sites for hydroxylation is 2. The van der Waals surface area contributed by atoms with E-state index in [0.29, 0.717) is 38.4 Å². The predicted octanol–water partition coefficient (Wildman–Crippen LogP) is 5.66. The van der Waals surface area contributed by atoms with E-state index in [1.807, 2.05) is 30.9 Å². The van der Waals surface area contributed by atoms with Crippen molar-refractivity contribution in [2.75, 3.05) is 19.6 Å². The fourth-order valence-electron chi connectivity index (χ4n) is 8.94. The Balaban J connectivity index is 1.23. The quantitative estimate of drug-likeness (QED) is 0.281. The van der Waals surface area contributed by atoms with Gasteiger partial charge in [-0.2, -0.15) is 5.10 Å². The van der Waals surface area contributed by atoms with Crippen LogP contribution in [0.3, 0.4) is 0 Å². The van der Waals surface area contributed by atoms with Crippen LogP contribution in [-0.4, -0.2) is 77.5 Å². The number of carbonyl (C=O) groups is 2. The zero-order valence-corrected chi connectivity index (χ0v) is 30.0. The molecule has 264 valence electrons. The molecule has 1 aromatic carbocycles. The van der Waals surface area contributed by atoms with Gasteiger partial charge in [0.05, 0.1) is 16.6 Å². The molecule has 1 aromatic heterocycles. The fourth-order valence-corrected chi connectivity index (χ4v) is 10.2. The zero-order chi connectivity index (χ0) is 33.9. The Bertz CT molecular complexity index is 1500. The largest absolute Gasteiger partial charge is 0.342 e. The van der Waals surface area contributed by atoms with Crippen molar-refractivity contribution in [2.24, 2.45) is 5.92 Å². The number of piperazine rings is 1. The Morgan fingerprint density at radius 1 is 0.958 bits per heavy atom. The third-order valence-electron chi connectivity index (χ3n) is 11.7. The van der Waals surface area contributed by atoms with Gasteiger partial charge in [-0.3, -0.25) is 19.6 Å². The van der Waals surface area contributed by atoms with E-state index in [0.717, 1.165) is 86.7 Å². The number of unbranched alkanes of at least 4 members (excludes halogenated alkanes) is 1. The first-order chi connectivity index (χ1) is 23.1. The lowest BCUT2D eigenvalue weighted by Crippen LogP contribution is -2.73. The number of likely N-dealkylation sites (tertiary alicyclic amines) is 1. The van der Waals surface area contributed by atoms with Gasteiger partial charge in [-0.15, -0.1) is 0 Å². The van der Waals surface area contributed by atoms with Crippen molar-refractivity contribution >= 4 is 21.8 Å². The van der Waals surface area contributed by atoms with E-state index in [9.17, 15) is 18.0 Å². The number of aromatic nitrogens is 2. The number of sulfonamides is 1. The number of rotatable bonds is 11. The van der Waals surface area contributed by atoms with Crippen LogP contribution in [-0.2, 0) is 19.6 Å². The molecular formula is C37H56N6O4S. The molecule has 11 heteroatoms. The Labute approximate surface area is 287 Å². The minimum atomic E-state index is -3.62. The maximum Gasteiger partial charge on any atom is 0.246 e. The molecule has 1 unspecified atom stereocenters. The molecule has 0 radical (unpaired) electrons. The van der Waals surface area contributed by atoms with Gasteiger partial charge in [0.25, 0.3) is 0 Å². The smallest absolute Gasteiger partial charge is 0.246 e. The van der Waals surface area contributed by atoms with Gasteiger partial charge < -0.3 is 10.2 Å². The summed E-state index contributed by atoms with van der Waals surface area (Å²) in [6, 6.07) is 6.69. The van der Waals surface area contributed by atoms with Crippen molar-refractivity contribution in [3.05, 3.63) is 46.8 Å². The van der Waals surface area contributed by atoms with E-state index >= 15 is 0 Å². The lowest BCUT2D eigenvalue weighted by atomic mass is 9.78. The maximum atomic E-state index is 14.1. The minimum Gasteiger partial charge on any atom is -0.342 e. The number of hydrogen-bond donors (Lipinski definition) is 3. The predicted molar refractivity (Wildman–Crippen MR) is 187 cm³/mol. The second-order valence-electron chi connectivity index (χ2n) is 15.0. The molecule has 2 aromatic rings. The van der Waals surface area contributed by atoms with Crippen LogP contribution in [0.2, 0.25) is 0 Å². The first kappa shape index (κ1) is 35.1. The third kappa shape index (κ3) is 7.24. The van der Waals surface area contributed by atoms with E-state index in [1.54, 1.807) is 12.1 Å². The van der Waals surface area contributed by atoms with E-state index in [4.69, 9.17) is 0 Å². The molecule has 4 fully saturated rings. The number of piperidine rings is 1. The Hall–Kier alpha value is -2.76. The summed E-state index contributed by atoms with van der Waals surface area (Å²) in [5, 5.41) is 10.9. The average molecular weight is 681 g/mol. The first-order valence-corrected chi connectivity index (χ1v) is 20.1. The van der Waals surface area contributed by atoms with E-state index in [1.165, 1.54) is 19.3 Å². The summed E-state index contributed by atoms with van der Waals surface area (Å²) < 4.78 is 29.5. The van der Waals surface area contributed by atoms with Gasteiger partial charge in [0.1, 0.15) is 11.6 Å². The fraction of sp³-hybridized carbons (Fsp3) is 0.703. The summed E-state index contributed by atoms with van der Waals surface area (Å²) in [4.78, 5) is 32.8. The molecule has 0 bridgehead atoms. The number of amides is 2. The minimum absolute atomic E-state index is 0.00336. The van der Waals surface area contributed by atoms with Crippen molar-refractivity contribution in [1.82, 2.24) is 30.0 Å². The highest BCUT2D eigenvalue weighted by atomic mass is 32.2. The van der Waals surface area contributed by atoms with Crippen LogP contribution in [0.15, 0.2) is 29.2 Å². The first-order valence-electron chi connectivity index (χ1n) is 18.6. The number of nitrogens with one attached hydrogen (secondary N) is 3. The van der Waals surface area contributed by atoms with Crippen molar-refractivity contribution in [3.63, 3.8) is 0 Å². The van der Waals surface area contributed by atoms with Crippen LogP contribution in [0.4, 0.5) is 0 Å². The molecular weight excluding hydrogens is 625 g/mol. The molecule has 4 aliphatic rings. The molecule has 2 aliphatic heterocycles. The van der Waals surface area contributed by atoms with Crippen LogP contribution >= 0.6 is 0 Å². The van der Waals surface area contributed by atoms with Crippen LogP contribution in [0.25, 0.3) is 0 Å². The molecule has 3 N–H and O–H groups in total. The van der Waals surface area contributed by atoms with Gasteiger partial charge >= 0.3 is 0 Å². The SMILES string of the molecule is CCCCN1C(=O)[C@H](CC2CCCCC2)NC(=O)C12CCN(C(c1ccc(S(=O)(=O)NC3CCCCC3)cc1)c1c(C)n[nH]c1C)CC2. The van der Waals surface area contributed by atoms with Crippen LogP contribution in [0.5, 0.6) is 0 Å². The summed E-state index contributed by atoms with van der Waals surface area (Å²) in [5.41, 5.74) is 3.07. The Morgan fingerprint density at radius 2 is 1.60 bits per heavy atom. The third-order valence-corrected chi connectivity index (χ3v) is 13.3. The molecule has 2 aliphatic carbocycles. The Kier molecular flexibility index (Phi) is 11.0. The summed E-state index contributed by atoms with van der Waals surface area (Å²) in [5.74, 6) is 0.605. The van der Waals surface area contributed by atoms with Crippen LogP contribution in [0.1, 0.15) is 132 Å². The van der Waals surface area contributed by atoms with Crippen LogP contribution < -0.4 is 10.0 Å². The van der Waals surface area contributed by atoms with E-state index < -0.39 is 21.6 Å². The van der Waals surface area contributed by atoms with Crippen molar-refractivity contribution in [2.45, 2.75) is 146 Å².